The molecule has 2 aromatic rings. The Morgan fingerprint density at radius 2 is 1.81 bits per heavy atom. The average Bonchev–Trinajstić information content (AvgIpc) is 2.66. The highest BCUT2D eigenvalue weighted by Crippen LogP contribution is 2.75. The molecule has 0 unspecified atom stereocenters. The molecule has 3 amide bonds. The standard InChI is InChI=1S/C22H19Cl2FN4O3/c23-13-3-1-12(2-4-13)7-28-16(30)8-29(18-15(25)5-14(24)6-27-18)19(31)17(28)21-9-22(10-21,11-21)20(26)32/h1-6,17H,7-11H2,(H2,26,32)/t17-,21?,22?/m1/s1. The largest absolute Gasteiger partial charge is 0.369 e. The van der Waals surface area contributed by atoms with Crippen molar-refractivity contribution in [3.05, 3.63) is 58.0 Å². The fourth-order valence-electron chi connectivity index (χ4n) is 5.49. The predicted octanol–water partition coefficient (Wildman–Crippen LogP) is 2.93. The third-order valence-corrected chi connectivity index (χ3v) is 7.37. The molecule has 3 saturated carbocycles. The first-order valence-electron chi connectivity index (χ1n) is 10.1. The molecule has 166 valence electrons. The molecule has 2 bridgehead atoms. The molecule has 4 fully saturated rings. The van der Waals surface area contributed by atoms with Gasteiger partial charge in [-0.15, -0.1) is 0 Å². The van der Waals surface area contributed by atoms with E-state index in [4.69, 9.17) is 28.9 Å². The summed E-state index contributed by atoms with van der Waals surface area (Å²) in [5.74, 6) is -2.17. The maximum absolute atomic E-state index is 14.6. The summed E-state index contributed by atoms with van der Waals surface area (Å²) < 4.78 is 14.6. The Hall–Kier alpha value is -2.71. The predicted molar refractivity (Wildman–Crippen MR) is 115 cm³/mol. The van der Waals surface area contributed by atoms with Gasteiger partial charge in [0.2, 0.25) is 11.8 Å². The number of rotatable bonds is 5. The van der Waals surface area contributed by atoms with E-state index in [-0.39, 0.29) is 35.7 Å². The first-order valence-corrected chi connectivity index (χ1v) is 10.9. The van der Waals surface area contributed by atoms with Crippen LogP contribution in [-0.4, -0.2) is 40.2 Å². The molecule has 0 radical (unpaired) electrons. The van der Waals surface area contributed by atoms with E-state index in [0.29, 0.717) is 24.3 Å². The van der Waals surface area contributed by atoms with Gasteiger partial charge >= 0.3 is 0 Å². The number of anilines is 1. The van der Waals surface area contributed by atoms with Gasteiger partial charge in [-0.05, 0) is 43.0 Å². The molecule has 6 rings (SSSR count). The smallest absolute Gasteiger partial charge is 0.252 e. The maximum Gasteiger partial charge on any atom is 0.252 e. The average molecular weight is 477 g/mol. The molecule has 2 N–H and O–H groups in total. The minimum absolute atomic E-state index is 0.0887. The number of benzene rings is 1. The van der Waals surface area contributed by atoms with Crippen LogP contribution in [0.5, 0.6) is 0 Å². The highest BCUT2D eigenvalue weighted by molar-refractivity contribution is 6.30. The number of pyridine rings is 1. The second-order valence-corrected chi connectivity index (χ2v) is 9.84. The number of halogens is 3. The fraction of sp³-hybridized carbons (Fsp3) is 0.364. The van der Waals surface area contributed by atoms with Gasteiger partial charge in [0.25, 0.3) is 5.91 Å². The first-order chi connectivity index (χ1) is 15.1. The van der Waals surface area contributed by atoms with Gasteiger partial charge in [-0.1, -0.05) is 35.3 Å². The molecule has 1 aliphatic heterocycles. The number of carbonyl (C=O) groups excluding carboxylic acids is 3. The SMILES string of the molecule is NC(=O)C12CC([C@H]3C(=O)N(c4ncc(Cl)cc4F)CC(=O)N3Cc3ccc(Cl)cc3)(C1)C2. The van der Waals surface area contributed by atoms with E-state index < -0.39 is 28.6 Å². The summed E-state index contributed by atoms with van der Waals surface area (Å²) in [5.41, 5.74) is 5.18. The van der Waals surface area contributed by atoms with Crippen molar-refractivity contribution < 1.29 is 18.8 Å². The third-order valence-electron chi connectivity index (χ3n) is 6.91. The Labute approximate surface area is 193 Å². The molecular weight excluding hydrogens is 458 g/mol. The van der Waals surface area contributed by atoms with E-state index in [1.807, 2.05) is 0 Å². The lowest BCUT2D eigenvalue weighted by molar-refractivity contribution is -0.231. The Balaban J connectivity index is 1.50. The molecule has 4 aliphatic rings. The number of nitrogens with zero attached hydrogens (tertiary/aromatic N) is 3. The van der Waals surface area contributed by atoms with Crippen LogP contribution in [0.4, 0.5) is 10.2 Å². The molecule has 10 heteroatoms. The summed E-state index contributed by atoms with van der Waals surface area (Å²) in [6.07, 6.45) is 2.53. The van der Waals surface area contributed by atoms with Crippen molar-refractivity contribution in [2.75, 3.05) is 11.4 Å². The highest BCUT2D eigenvalue weighted by Gasteiger charge is 2.76. The second-order valence-electron chi connectivity index (χ2n) is 8.97. The number of piperazine rings is 1. The Bertz CT molecular complexity index is 1140. The zero-order valence-corrected chi connectivity index (χ0v) is 18.4. The van der Waals surface area contributed by atoms with Gasteiger partial charge in [-0.3, -0.25) is 19.3 Å². The van der Waals surface area contributed by atoms with E-state index in [2.05, 4.69) is 4.98 Å². The number of nitrogens with two attached hydrogens (primary N) is 1. The number of hydrogen-bond acceptors (Lipinski definition) is 4. The summed E-state index contributed by atoms with van der Waals surface area (Å²) in [6.45, 7) is -0.145. The summed E-state index contributed by atoms with van der Waals surface area (Å²) in [6, 6.07) is 7.21. The summed E-state index contributed by atoms with van der Waals surface area (Å²) in [4.78, 5) is 45.3. The van der Waals surface area contributed by atoms with Gasteiger partial charge in [0.05, 0.1) is 10.4 Å². The summed E-state index contributed by atoms with van der Waals surface area (Å²) in [5, 5.41) is 0.649. The van der Waals surface area contributed by atoms with Crippen molar-refractivity contribution in [3.63, 3.8) is 0 Å². The zero-order chi connectivity index (χ0) is 22.8. The molecule has 1 saturated heterocycles. The molecule has 1 atom stereocenters. The Morgan fingerprint density at radius 1 is 1.16 bits per heavy atom. The quantitative estimate of drug-likeness (QED) is 0.717. The fourth-order valence-corrected chi connectivity index (χ4v) is 5.76. The van der Waals surface area contributed by atoms with Crippen molar-refractivity contribution in [2.45, 2.75) is 31.8 Å². The van der Waals surface area contributed by atoms with Crippen LogP contribution < -0.4 is 10.6 Å². The van der Waals surface area contributed by atoms with Crippen LogP contribution in [0, 0.1) is 16.6 Å². The Morgan fingerprint density at radius 3 is 2.41 bits per heavy atom. The molecular formula is C22H19Cl2FN4O3. The van der Waals surface area contributed by atoms with Gasteiger partial charge in [0.15, 0.2) is 11.6 Å². The van der Waals surface area contributed by atoms with Crippen LogP contribution in [0.25, 0.3) is 0 Å². The minimum Gasteiger partial charge on any atom is -0.369 e. The van der Waals surface area contributed by atoms with E-state index in [9.17, 15) is 18.8 Å². The topological polar surface area (TPSA) is 96.6 Å². The summed E-state index contributed by atoms with van der Waals surface area (Å²) >= 11 is 11.8. The number of carbonyl (C=O) groups is 3. The lowest BCUT2D eigenvalue weighted by Crippen LogP contribution is -2.78. The lowest BCUT2D eigenvalue weighted by Gasteiger charge is -2.72. The van der Waals surface area contributed by atoms with E-state index in [1.165, 1.54) is 11.1 Å². The molecule has 32 heavy (non-hydrogen) atoms. The normalized spacial score (nSPS) is 28.9. The van der Waals surface area contributed by atoms with Crippen LogP contribution in [0.15, 0.2) is 36.5 Å². The Kier molecular flexibility index (Phi) is 4.73. The lowest BCUT2D eigenvalue weighted by atomic mass is 9.32. The molecule has 1 aromatic heterocycles. The monoisotopic (exact) mass is 476 g/mol. The number of amides is 3. The third kappa shape index (κ3) is 3.08. The van der Waals surface area contributed by atoms with Crippen LogP contribution >= 0.6 is 23.2 Å². The molecule has 7 nitrogen and oxygen atoms in total. The second kappa shape index (κ2) is 7.15. The maximum atomic E-state index is 14.6. The molecule has 1 aromatic carbocycles. The van der Waals surface area contributed by atoms with Crippen molar-refractivity contribution in [1.29, 1.82) is 0 Å². The molecule has 2 heterocycles. The van der Waals surface area contributed by atoms with Crippen molar-refractivity contribution in [3.8, 4) is 0 Å². The van der Waals surface area contributed by atoms with Gasteiger partial charge < -0.3 is 10.6 Å². The summed E-state index contributed by atoms with van der Waals surface area (Å²) in [7, 11) is 0. The van der Waals surface area contributed by atoms with E-state index >= 15 is 0 Å². The van der Waals surface area contributed by atoms with Crippen molar-refractivity contribution >= 4 is 46.7 Å². The van der Waals surface area contributed by atoms with Crippen LogP contribution in [0.3, 0.4) is 0 Å². The zero-order valence-electron chi connectivity index (χ0n) is 16.9. The van der Waals surface area contributed by atoms with Crippen LogP contribution in [-0.2, 0) is 20.9 Å². The minimum atomic E-state index is -0.850. The van der Waals surface area contributed by atoms with Gasteiger partial charge in [-0.2, -0.15) is 0 Å². The molecule has 3 aliphatic carbocycles. The van der Waals surface area contributed by atoms with E-state index in [0.717, 1.165) is 16.5 Å². The van der Waals surface area contributed by atoms with Gasteiger partial charge in [-0.25, -0.2) is 9.37 Å². The number of aromatic nitrogens is 1. The number of primary amides is 1. The highest BCUT2D eigenvalue weighted by atomic mass is 35.5. The first kappa shape index (κ1) is 21.2. The van der Waals surface area contributed by atoms with Crippen molar-refractivity contribution in [1.82, 2.24) is 9.88 Å². The van der Waals surface area contributed by atoms with Crippen LogP contribution in [0.1, 0.15) is 24.8 Å². The molecule has 0 spiro atoms. The van der Waals surface area contributed by atoms with Gasteiger partial charge in [0.1, 0.15) is 12.6 Å². The number of hydrogen-bond donors (Lipinski definition) is 1. The van der Waals surface area contributed by atoms with E-state index in [1.54, 1.807) is 24.3 Å². The van der Waals surface area contributed by atoms with Crippen molar-refractivity contribution in [2.24, 2.45) is 16.6 Å². The van der Waals surface area contributed by atoms with Crippen LogP contribution in [0.2, 0.25) is 10.0 Å². The van der Waals surface area contributed by atoms with Gasteiger partial charge in [0, 0.05) is 23.2 Å².